The van der Waals surface area contributed by atoms with Crippen LogP contribution in [0.2, 0.25) is 0 Å². The Labute approximate surface area is 125 Å². The molecule has 0 saturated carbocycles. The lowest BCUT2D eigenvalue weighted by molar-refractivity contribution is 0.122. The Bertz CT molecular complexity index is 656. The van der Waals surface area contributed by atoms with Gasteiger partial charge in [0, 0.05) is 0 Å². The highest BCUT2D eigenvalue weighted by atomic mass is 16.5. The van der Waals surface area contributed by atoms with Crippen LogP contribution >= 0.6 is 0 Å². The van der Waals surface area contributed by atoms with Gasteiger partial charge in [-0.25, -0.2) is 0 Å². The first-order chi connectivity index (χ1) is 10.1. The van der Waals surface area contributed by atoms with Crippen molar-refractivity contribution in [3.05, 3.63) is 71.8 Å². The maximum atomic E-state index is 10.3. The van der Waals surface area contributed by atoms with Crippen molar-refractivity contribution in [1.29, 1.82) is 0 Å². The number of hydrogen-bond acceptors (Lipinski definition) is 2. The van der Waals surface area contributed by atoms with Gasteiger partial charge >= 0.3 is 0 Å². The van der Waals surface area contributed by atoms with E-state index < -0.39 is 5.60 Å². The summed E-state index contributed by atoms with van der Waals surface area (Å²) in [6, 6.07) is 17.1. The van der Waals surface area contributed by atoms with Crippen LogP contribution in [-0.4, -0.2) is 12.2 Å². The van der Waals surface area contributed by atoms with Crippen LogP contribution in [0.1, 0.15) is 18.1 Å². The van der Waals surface area contributed by atoms with E-state index in [2.05, 4.69) is 11.8 Å². The summed E-state index contributed by atoms with van der Waals surface area (Å²) < 4.78 is 5.10. The van der Waals surface area contributed by atoms with Gasteiger partial charge in [-0.1, -0.05) is 54.3 Å². The minimum absolute atomic E-state index is 0.787. The zero-order valence-corrected chi connectivity index (χ0v) is 12.2. The Hall–Kier alpha value is -2.50. The first-order valence-electron chi connectivity index (χ1n) is 6.73. The van der Waals surface area contributed by atoms with Crippen molar-refractivity contribution in [2.75, 3.05) is 7.11 Å². The van der Waals surface area contributed by atoms with Gasteiger partial charge in [0.2, 0.25) is 0 Å². The van der Waals surface area contributed by atoms with Gasteiger partial charge in [-0.2, -0.15) is 0 Å². The van der Waals surface area contributed by atoms with Crippen LogP contribution in [-0.2, 0) is 5.60 Å². The molecule has 0 aliphatic heterocycles. The van der Waals surface area contributed by atoms with Crippen molar-refractivity contribution in [3.63, 3.8) is 0 Å². The summed E-state index contributed by atoms with van der Waals surface area (Å²) in [7, 11) is 1.64. The Morgan fingerprint density at radius 1 is 1.05 bits per heavy atom. The molecule has 0 amide bonds. The second-order valence-corrected chi connectivity index (χ2v) is 4.81. The molecule has 0 spiro atoms. The molecule has 1 N–H and O–H groups in total. The summed E-state index contributed by atoms with van der Waals surface area (Å²) in [6.45, 7) is 1.69. The number of hydrogen-bond donors (Lipinski definition) is 1. The van der Waals surface area contributed by atoms with Gasteiger partial charge in [-0.15, -0.1) is 0 Å². The maximum absolute atomic E-state index is 10.3. The van der Waals surface area contributed by atoms with E-state index in [1.807, 2.05) is 60.7 Å². The maximum Gasteiger partial charge on any atom is 0.148 e. The van der Waals surface area contributed by atoms with Crippen LogP contribution in [0.25, 0.3) is 6.08 Å². The average Bonchev–Trinajstić information content (AvgIpc) is 2.53. The molecule has 2 heteroatoms. The summed E-state index contributed by atoms with van der Waals surface area (Å²) in [5.41, 5.74) is 0.672. The summed E-state index contributed by atoms with van der Waals surface area (Å²) >= 11 is 0. The normalized spacial score (nSPS) is 13.3. The lowest BCUT2D eigenvalue weighted by Crippen LogP contribution is -2.17. The van der Waals surface area contributed by atoms with Gasteiger partial charge in [-0.05, 0) is 42.3 Å². The highest BCUT2D eigenvalue weighted by molar-refractivity contribution is 5.54. The zero-order chi connectivity index (χ0) is 15.1. The number of ether oxygens (including phenoxy) is 1. The molecule has 0 radical (unpaired) electrons. The van der Waals surface area contributed by atoms with E-state index in [0.717, 1.165) is 16.9 Å². The largest absolute Gasteiger partial charge is 0.497 e. The molecule has 0 aliphatic rings. The fourth-order valence-electron chi connectivity index (χ4n) is 1.87. The molecule has 2 rings (SSSR count). The molecule has 21 heavy (non-hydrogen) atoms. The van der Waals surface area contributed by atoms with E-state index in [1.165, 1.54) is 0 Å². The van der Waals surface area contributed by atoms with Crippen LogP contribution in [0.5, 0.6) is 5.75 Å². The lowest BCUT2D eigenvalue weighted by Gasteiger charge is -2.16. The summed E-state index contributed by atoms with van der Waals surface area (Å²) in [4.78, 5) is 0. The molecule has 0 heterocycles. The Kier molecular flexibility index (Phi) is 4.81. The molecule has 1 atom stereocenters. The predicted octanol–water partition coefficient (Wildman–Crippen LogP) is 3.62. The summed E-state index contributed by atoms with van der Waals surface area (Å²) in [5, 5.41) is 10.3. The van der Waals surface area contributed by atoms with Crippen LogP contribution in [0.4, 0.5) is 0 Å². The molecular weight excluding hydrogens is 260 g/mol. The Balaban J connectivity index is 2.07. The monoisotopic (exact) mass is 278 g/mol. The smallest absolute Gasteiger partial charge is 0.148 e. The molecule has 0 bridgehead atoms. The Morgan fingerprint density at radius 3 is 2.33 bits per heavy atom. The van der Waals surface area contributed by atoms with E-state index in [9.17, 15) is 5.11 Å². The number of aliphatic hydroxyl groups is 1. The van der Waals surface area contributed by atoms with Gasteiger partial charge in [0.05, 0.1) is 7.11 Å². The Morgan fingerprint density at radius 2 is 1.71 bits per heavy atom. The van der Waals surface area contributed by atoms with Gasteiger partial charge in [0.1, 0.15) is 11.4 Å². The van der Waals surface area contributed by atoms with Gasteiger partial charge in [0.15, 0.2) is 0 Å². The number of methoxy groups -OCH3 is 1. The topological polar surface area (TPSA) is 29.5 Å². The number of benzene rings is 2. The van der Waals surface area contributed by atoms with Gasteiger partial charge < -0.3 is 9.84 Å². The molecular formula is C19H18O2. The van der Waals surface area contributed by atoms with Crippen LogP contribution in [0, 0.1) is 11.8 Å². The fourth-order valence-corrected chi connectivity index (χ4v) is 1.87. The van der Waals surface area contributed by atoms with Crippen molar-refractivity contribution in [2.45, 2.75) is 12.5 Å². The standard InChI is InChI=1S/C19H18O2/c1-19(20,17-9-4-3-5-10-17)15-7-6-8-16-11-13-18(21-2)14-12-16/h3-6,8-14,20H,1-2H3/b8-6-/t19-/m0/s1. The molecule has 0 fully saturated rings. The van der Waals surface area contributed by atoms with Crippen molar-refractivity contribution in [2.24, 2.45) is 0 Å². The van der Waals surface area contributed by atoms with Crippen LogP contribution < -0.4 is 4.74 Å². The van der Waals surface area contributed by atoms with Crippen molar-refractivity contribution in [1.82, 2.24) is 0 Å². The van der Waals surface area contributed by atoms with Crippen LogP contribution in [0.3, 0.4) is 0 Å². The fraction of sp³-hybridized carbons (Fsp3) is 0.158. The highest BCUT2D eigenvalue weighted by Gasteiger charge is 2.18. The molecule has 106 valence electrons. The van der Waals surface area contributed by atoms with Gasteiger partial charge in [-0.3, -0.25) is 0 Å². The second kappa shape index (κ2) is 6.78. The molecule has 0 unspecified atom stereocenters. The number of rotatable bonds is 3. The third-order valence-electron chi connectivity index (χ3n) is 3.13. The first-order valence-corrected chi connectivity index (χ1v) is 6.73. The predicted molar refractivity (Wildman–Crippen MR) is 85.8 cm³/mol. The molecule has 0 aliphatic carbocycles. The van der Waals surface area contributed by atoms with Crippen LogP contribution in [0.15, 0.2) is 60.7 Å². The van der Waals surface area contributed by atoms with E-state index in [1.54, 1.807) is 20.1 Å². The van der Waals surface area contributed by atoms with Crippen molar-refractivity contribution < 1.29 is 9.84 Å². The molecule has 2 aromatic rings. The summed E-state index contributed by atoms with van der Waals surface area (Å²) in [5.74, 6) is 6.58. The minimum atomic E-state index is -1.15. The van der Waals surface area contributed by atoms with E-state index in [4.69, 9.17) is 4.74 Å². The van der Waals surface area contributed by atoms with Crippen molar-refractivity contribution in [3.8, 4) is 17.6 Å². The molecule has 2 aromatic carbocycles. The zero-order valence-electron chi connectivity index (χ0n) is 12.2. The van der Waals surface area contributed by atoms with E-state index >= 15 is 0 Å². The van der Waals surface area contributed by atoms with E-state index in [0.29, 0.717) is 0 Å². The highest BCUT2D eigenvalue weighted by Crippen LogP contribution is 2.18. The molecule has 0 saturated heterocycles. The third kappa shape index (κ3) is 4.24. The second-order valence-electron chi connectivity index (χ2n) is 4.81. The van der Waals surface area contributed by atoms with Crippen molar-refractivity contribution >= 4 is 6.08 Å². The van der Waals surface area contributed by atoms with E-state index in [-0.39, 0.29) is 0 Å². The lowest BCUT2D eigenvalue weighted by atomic mass is 9.97. The number of allylic oxidation sites excluding steroid dienone is 1. The summed E-state index contributed by atoms with van der Waals surface area (Å²) in [6.07, 6.45) is 3.63. The third-order valence-corrected chi connectivity index (χ3v) is 3.13. The SMILES string of the molecule is COc1ccc(/C=C\C#C[C@](C)(O)c2ccccc2)cc1. The quantitative estimate of drug-likeness (QED) is 0.869. The first kappa shape index (κ1) is 14.9. The molecule has 0 aromatic heterocycles. The average molecular weight is 278 g/mol. The minimum Gasteiger partial charge on any atom is -0.497 e. The van der Waals surface area contributed by atoms with Gasteiger partial charge in [0.25, 0.3) is 0 Å². The molecule has 2 nitrogen and oxygen atoms in total.